The number of likely N-dealkylation sites (tertiary alicyclic amines) is 1. The number of piperidine rings is 1. The Morgan fingerprint density at radius 1 is 1.20 bits per heavy atom. The van der Waals surface area contributed by atoms with E-state index >= 15 is 0 Å². The molecule has 1 unspecified atom stereocenters. The standard InChI is InChI=1S/C14H21ClN4O/c1-9-10(2)17-13(12(15)16-9)18-11(3)14(20)19-7-5-4-6-8-19/h11H,4-8H2,1-3H3,(H,17,18). The predicted octanol–water partition coefficient (Wildman–Crippen LogP) is 2.56. The van der Waals surface area contributed by atoms with Gasteiger partial charge in [-0.15, -0.1) is 0 Å². The zero-order valence-corrected chi connectivity index (χ0v) is 13.0. The van der Waals surface area contributed by atoms with Crippen LogP contribution in [0, 0.1) is 13.8 Å². The van der Waals surface area contributed by atoms with Crippen molar-refractivity contribution in [3.63, 3.8) is 0 Å². The van der Waals surface area contributed by atoms with Crippen LogP contribution in [0.2, 0.25) is 5.15 Å². The molecule has 20 heavy (non-hydrogen) atoms. The van der Waals surface area contributed by atoms with Gasteiger partial charge in [0.1, 0.15) is 6.04 Å². The summed E-state index contributed by atoms with van der Waals surface area (Å²) in [7, 11) is 0. The highest BCUT2D eigenvalue weighted by atomic mass is 35.5. The van der Waals surface area contributed by atoms with Gasteiger partial charge < -0.3 is 10.2 Å². The van der Waals surface area contributed by atoms with Gasteiger partial charge in [-0.05, 0) is 40.0 Å². The lowest BCUT2D eigenvalue weighted by Gasteiger charge is -2.29. The van der Waals surface area contributed by atoms with Gasteiger partial charge in [0.25, 0.3) is 0 Å². The van der Waals surface area contributed by atoms with Crippen LogP contribution in [0.4, 0.5) is 5.82 Å². The van der Waals surface area contributed by atoms with Gasteiger partial charge in [-0.25, -0.2) is 9.97 Å². The van der Waals surface area contributed by atoms with E-state index in [2.05, 4.69) is 15.3 Å². The number of hydrogen-bond donors (Lipinski definition) is 1. The molecule has 0 aliphatic carbocycles. The van der Waals surface area contributed by atoms with Gasteiger partial charge in [-0.1, -0.05) is 11.6 Å². The van der Waals surface area contributed by atoms with Gasteiger partial charge >= 0.3 is 0 Å². The lowest BCUT2D eigenvalue weighted by molar-refractivity contribution is -0.132. The van der Waals surface area contributed by atoms with Crippen molar-refractivity contribution >= 4 is 23.3 Å². The monoisotopic (exact) mass is 296 g/mol. The molecule has 0 aromatic carbocycles. The molecule has 1 aliphatic heterocycles. The zero-order chi connectivity index (χ0) is 14.7. The minimum absolute atomic E-state index is 0.0980. The second-order valence-electron chi connectivity index (χ2n) is 5.29. The van der Waals surface area contributed by atoms with Gasteiger partial charge in [0.15, 0.2) is 11.0 Å². The van der Waals surface area contributed by atoms with E-state index in [4.69, 9.17) is 11.6 Å². The van der Waals surface area contributed by atoms with Crippen molar-refractivity contribution < 1.29 is 4.79 Å². The highest BCUT2D eigenvalue weighted by Crippen LogP contribution is 2.20. The van der Waals surface area contributed by atoms with Crippen LogP contribution >= 0.6 is 11.6 Å². The van der Waals surface area contributed by atoms with Crippen LogP contribution in [0.25, 0.3) is 0 Å². The number of rotatable bonds is 3. The quantitative estimate of drug-likeness (QED) is 0.931. The number of nitrogens with one attached hydrogen (secondary N) is 1. The maximum absolute atomic E-state index is 12.3. The van der Waals surface area contributed by atoms with Crippen molar-refractivity contribution in [2.24, 2.45) is 0 Å². The van der Waals surface area contributed by atoms with Crippen LogP contribution in [0.3, 0.4) is 0 Å². The summed E-state index contributed by atoms with van der Waals surface area (Å²) in [5, 5.41) is 3.39. The van der Waals surface area contributed by atoms with E-state index in [1.54, 1.807) is 0 Å². The van der Waals surface area contributed by atoms with Crippen LogP contribution in [0.1, 0.15) is 37.6 Å². The molecule has 1 saturated heterocycles. The van der Waals surface area contributed by atoms with Crippen molar-refractivity contribution in [3.05, 3.63) is 16.5 Å². The number of carbonyl (C=O) groups excluding carboxylic acids is 1. The normalized spacial score (nSPS) is 16.9. The van der Waals surface area contributed by atoms with Crippen molar-refractivity contribution in [2.75, 3.05) is 18.4 Å². The number of aryl methyl sites for hydroxylation is 2. The fourth-order valence-electron chi connectivity index (χ4n) is 2.32. The summed E-state index contributed by atoms with van der Waals surface area (Å²) < 4.78 is 0. The van der Waals surface area contributed by atoms with Crippen molar-refractivity contribution in [2.45, 2.75) is 46.1 Å². The average molecular weight is 297 g/mol. The summed E-state index contributed by atoms with van der Waals surface area (Å²) in [5.41, 5.74) is 1.62. The van der Waals surface area contributed by atoms with Crippen molar-refractivity contribution in [1.82, 2.24) is 14.9 Å². The largest absolute Gasteiger partial charge is 0.356 e. The van der Waals surface area contributed by atoms with E-state index in [0.717, 1.165) is 37.3 Å². The number of halogens is 1. The molecule has 1 aliphatic rings. The van der Waals surface area contributed by atoms with Crippen LogP contribution < -0.4 is 5.32 Å². The first-order valence-corrected chi connectivity index (χ1v) is 7.43. The maximum Gasteiger partial charge on any atom is 0.244 e. The molecule has 1 N–H and O–H groups in total. The van der Waals surface area contributed by atoms with E-state index < -0.39 is 0 Å². The highest BCUT2D eigenvalue weighted by Gasteiger charge is 2.23. The highest BCUT2D eigenvalue weighted by molar-refractivity contribution is 6.31. The summed E-state index contributed by atoms with van der Waals surface area (Å²) >= 11 is 6.08. The van der Waals surface area contributed by atoms with Gasteiger partial charge in [0, 0.05) is 13.1 Å². The van der Waals surface area contributed by atoms with Crippen LogP contribution in [0.5, 0.6) is 0 Å². The zero-order valence-electron chi connectivity index (χ0n) is 12.2. The topological polar surface area (TPSA) is 58.1 Å². The third-order valence-corrected chi connectivity index (χ3v) is 3.92. The Balaban J connectivity index is 2.05. The summed E-state index contributed by atoms with van der Waals surface area (Å²) in [6, 6.07) is -0.345. The van der Waals surface area contributed by atoms with Gasteiger partial charge in [-0.3, -0.25) is 4.79 Å². The Morgan fingerprint density at radius 2 is 1.80 bits per heavy atom. The van der Waals surface area contributed by atoms with Crippen LogP contribution in [-0.4, -0.2) is 39.9 Å². The van der Waals surface area contributed by atoms with E-state index in [0.29, 0.717) is 11.0 Å². The number of anilines is 1. The Bertz CT molecular complexity index is 500. The summed E-state index contributed by atoms with van der Waals surface area (Å²) in [6.45, 7) is 7.26. The number of carbonyl (C=O) groups is 1. The van der Waals surface area contributed by atoms with E-state index in [9.17, 15) is 4.79 Å². The third kappa shape index (κ3) is 3.39. The van der Waals surface area contributed by atoms with Crippen molar-refractivity contribution in [1.29, 1.82) is 0 Å². The molecular weight excluding hydrogens is 276 g/mol. The number of nitrogens with zero attached hydrogens (tertiary/aromatic N) is 3. The molecular formula is C14H21ClN4O. The lowest BCUT2D eigenvalue weighted by atomic mass is 10.1. The van der Waals surface area contributed by atoms with Crippen molar-refractivity contribution in [3.8, 4) is 0 Å². The molecule has 1 amide bonds. The Labute approximate surface area is 124 Å². The second-order valence-corrected chi connectivity index (χ2v) is 5.64. The van der Waals surface area contributed by atoms with Crippen LogP contribution in [-0.2, 0) is 4.79 Å². The number of amides is 1. The fraction of sp³-hybridized carbons (Fsp3) is 0.643. The minimum Gasteiger partial charge on any atom is -0.356 e. The molecule has 1 aromatic heterocycles. The molecule has 2 heterocycles. The summed E-state index contributed by atoms with van der Waals surface area (Å²) in [4.78, 5) is 22.8. The number of hydrogen-bond acceptors (Lipinski definition) is 4. The smallest absolute Gasteiger partial charge is 0.244 e. The van der Waals surface area contributed by atoms with Crippen LogP contribution in [0.15, 0.2) is 0 Å². The molecule has 0 spiro atoms. The minimum atomic E-state index is -0.345. The Kier molecular flexibility index (Phi) is 4.81. The first-order valence-electron chi connectivity index (χ1n) is 7.05. The van der Waals surface area contributed by atoms with Gasteiger partial charge in [0.05, 0.1) is 11.4 Å². The second kappa shape index (κ2) is 6.39. The predicted molar refractivity (Wildman–Crippen MR) is 80.0 cm³/mol. The molecule has 0 saturated carbocycles. The van der Waals surface area contributed by atoms with E-state index in [1.165, 1.54) is 6.42 Å². The molecule has 2 rings (SSSR count). The average Bonchev–Trinajstić information content (AvgIpc) is 2.44. The van der Waals surface area contributed by atoms with Gasteiger partial charge in [-0.2, -0.15) is 0 Å². The molecule has 0 bridgehead atoms. The lowest BCUT2D eigenvalue weighted by Crippen LogP contribution is -2.44. The first-order chi connectivity index (χ1) is 9.49. The molecule has 6 heteroatoms. The molecule has 1 aromatic rings. The fourth-order valence-corrected chi connectivity index (χ4v) is 2.55. The number of aromatic nitrogens is 2. The van der Waals surface area contributed by atoms with Gasteiger partial charge in [0.2, 0.25) is 5.91 Å². The summed E-state index contributed by atoms with van der Waals surface area (Å²) in [6.07, 6.45) is 3.38. The van der Waals surface area contributed by atoms with E-state index in [1.807, 2.05) is 25.7 Å². The Hall–Kier alpha value is -1.36. The molecule has 110 valence electrons. The molecule has 1 fully saturated rings. The molecule has 0 radical (unpaired) electrons. The first kappa shape index (κ1) is 15.0. The maximum atomic E-state index is 12.3. The SMILES string of the molecule is Cc1nc(Cl)c(NC(C)C(=O)N2CCCCC2)nc1C. The molecule has 5 nitrogen and oxygen atoms in total. The Morgan fingerprint density at radius 3 is 2.45 bits per heavy atom. The van der Waals surface area contributed by atoms with E-state index in [-0.39, 0.29) is 11.9 Å². The third-order valence-electron chi connectivity index (χ3n) is 3.66. The summed E-state index contributed by atoms with van der Waals surface area (Å²) in [5.74, 6) is 0.577. The molecule has 1 atom stereocenters.